The first-order valence-electron chi connectivity index (χ1n) is 7.03. The van der Waals surface area contributed by atoms with Crippen LogP contribution >= 0.6 is 0 Å². The summed E-state index contributed by atoms with van der Waals surface area (Å²) in [6, 6.07) is 1.94. The standard InChI is InChI=1S/C15H20F2N2O/c1-2-3-14(15(18)20)19-11-5-4-9-6-10(16)7-13(17)12(9)8-11/h6-7,11,14,19H,2-5,8H2,1H3,(H2,18,20)/t11-,14-/m0/s1. The van der Waals surface area contributed by atoms with Gasteiger partial charge in [-0.15, -0.1) is 0 Å². The zero-order chi connectivity index (χ0) is 14.7. The van der Waals surface area contributed by atoms with Crippen LogP contribution in [0.15, 0.2) is 12.1 Å². The van der Waals surface area contributed by atoms with Crippen molar-refractivity contribution in [3.63, 3.8) is 0 Å². The number of nitrogens with two attached hydrogens (primary N) is 1. The summed E-state index contributed by atoms with van der Waals surface area (Å²) in [5.41, 5.74) is 6.64. The molecule has 0 bridgehead atoms. The van der Waals surface area contributed by atoms with E-state index >= 15 is 0 Å². The van der Waals surface area contributed by atoms with Gasteiger partial charge in [-0.1, -0.05) is 13.3 Å². The van der Waals surface area contributed by atoms with Gasteiger partial charge in [0.15, 0.2) is 0 Å². The summed E-state index contributed by atoms with van der Waals surface area (Å²) in [5.74, 6) is -1.41. The lowest BCUT2D eigenvalue weighted by molar-refractivity contribution is -0.120. The number of hydrogen-bond acceptors (Lipinski definition) is 2. The van der Waals surface area contributed by atoms with Crippen LogP contribution in [0, 0.1) is 11.6 Å². The van der Waals surface area contributed by atoms with Gasteiger partial charge < -0.3 is 11.1 Å². The molecule has 0 radical (unpaired) electrons. The zero-order valence-corrected chi connectivity index (χ0v) is 11.6. The van der Waals surface area contributed by atoms with Gasteiger partial charge in [0.25, 0.3) is 0 Å². The molecular formula is C15H20F2N2O. The molecule has 2 atom stereocenters. The monoisotopic (exact) mass is 282 g/mol. The van der Waals surface area contributed by atoms with Crippen molar-refractivity contribution in [2.45, 2.75) is 51.1 Å². The number of aryl methyl sites for hydroxylation is 1. The minimum Gasteiger partial charge on any atom is -0.368 e. The van der Waals surface area contributed by atoms with Crippen LogP contribution in [0.2, 0.25) is 0 Å². The second-order valence-electron chi connectivity index (χ2n) is 5.38. The van der Waals surface area contributed by atoms with Gasteiger partial charge >= 0.3 is 0 Å². The second kappa shape index (κ2) is 6.31. The first-order valence-corrected chi connectivity index (χ1v) is 7.03. The highest BCUT2D eigenvalue weighted by Crippen LogP contribution is 2.25. The highest BCUT2D eigenvalue weighted by Gasteiger charge is 2.25. The Morgan fingerprint density at radius 3 is 2.90 bits per heavy atom. The summed E-state index contributed by atoms with van der Waals surface area (Å²) in [6.45, 7) is 1.98. The van der Waals surface area contributed by atoms with Crippen molar-refractivity contribution in [1.82, 2.24) is 5.32 Å². The largest absolute Gasteiger partial charge is 0.368 e. The van der Waals surface area contributed by atoms with Crippen LogP contribution in [-0.2, 0) is 17.6 Å². The molecule has 3 nitrogen and oxygen atoms in total. The Labute approximate surface area is 117 Å². The molecule has 110 valence electrons. The summed E-state index contributed by atoms with van der Waals surface area (Å²) >= 11 is 0. The van der Waals surface area contributed by atoms with Gasteiger partial charge in [-0.25, -0.2) is 8.78 Å². The number of hydrogen-bond donors (Lipinski definition) is 2. The number of primary amides is 1. The number of amides is 1. The van der Waals surface area contributed by atoms with Gasteiger partial charge in [0.05, 0.1) is 6.04 Å². The molecule has 0 aliphatic heterocycles. The Morgan fingerprint density at radius 2 is 2.25 bits per heavy atom. The van der Waals surface area contributed by atoms with Crippen molar-refractivity contribution in [1.29, 1.82) is 0 Å². The molecule has 1 aromatic carbocycles. The summed E-state index contributed by atoms with van der Waals surface area (Å²) in [5, 5.41) is 3.20. The van der Waals surface area contributed by atoms with Crippen LogP contribution in [0.4, 0.5) is 8.78 Å². The number of benzene rings is 1. The van der Waals surface area contributed by atoms with Crippen LogP contribution in [0.25, 0.3) is 0 Å². The van der Waals surface area contributed by atoms with Crippen molar-refractivity contribution < 1.29 is 13.6 Å². The quantitative estimate of drug-likeness (QED) is 0.868. The van der Waals surface area contributed by atoms with Crippen LogP contribution in [-0.4, -0.2) is 18.0 Å². The van der Waals surface area contributed by atoms with E-state index in [4.69, 9.17) is 5.73 Å². The number of carbonyl (C=O) groups is 1. The maximum Gasteiger partial charge on any atom is 0.234 e. The molecule has 1 aromatic rings. The molecule has 3 N–H and O–H groups in total. The van der Waals surface area contributed by atoms with Crippen molar-refractivity contribution in [2.75, 3.05) is 0 Å². The average Bonchev–Trinajstić information content (AvgIpc) is 2.38. The fraction of sp³-hybridized carbons (Fsp3) is 0.533. The van der Waals surface area contributed by atoms with Gasteiger partial charge in [-0.05, 0) is 42.9 Å². The Morgan fingerprint density at radius 1 is 1.50 bits per heavy atom. The first kappa shape index (κ1) is 14.9. The van der Waals surface area contributed by atoms with E-state index in [1.165, 1.54) is 6.07 Å². The van der Waals surface area contributed by atoms with Gasteiger partial charge in [0.1, 0.15) is 11.6 Å². The normalized spacial score (nSPS) is 19.4. The van der Waals surface area contributed by atoms with Crippen LogP contribution < -0.4 is 11.1 Å². The predicted molar refractivity (Wildman–Crippen MR) is 73.2 cm³/mol. The molecule has 0 aromatic heterocycles. The number of fused-ring (bicyclic) bond motifs is 1. The maximum atomic E-state index is 13.8. The summed E-state index contributed by atoms with van der Waals surface area (Å²) in [7, 11) is 0. The molecule has 0 unspecified atom stereocenters. The lowest BCUT2D eigenvalue weighted by Crippen LogP contribution is -2.48. The maximum absolute atomic E-state index is 13.8. The topological polar surface area (TPSA) is 55.1 Å². The van der Waals surface area contributed by atoms with E-state index in [2.05, 4.69) is 5.32 Å². The third-order valence-electron chi connectivity index (χ3n) is 3.82. The fourth-order valence-corrected chi connectivity index (χ4v) is 2.81. The minimum atomic E-state index is -0.534. The molecule has 0 fully saturated rings. The van der Waals surface area contributed by atoms with Crippen LogP contribution in [0.3, 0.4) is 0 Å². The Kier molecular flexibility index (Phi) is 4.70. The van der Waals surface area contributed by atoms with Crippen LogP contribution in [0.1, 0.15) is 37.3 Å². The molecule has 0 spiro atoms. The summed E-state index contributed by atoms with van der Waals surface area (Å²) < 4.78 is 26.9. The van der Waals surface area contributed by atoms with Crippen LogP contribution in [0.5, 0.6) is 0 Å². The molecule has 1 aliphatic carbocycles. The predicted octanol–water partition coefficient (Wildman–Crippen LogP) is 2.07. The summed E-state index contributed by atoms with van der Waals surface area (Å²) in [4.78, 5) is 11.4. The number of nitrogens with one attached hydrogen (secondary N) is 1. The van der Waals surface area contributed by atoms with E-state index in [-0.39, 0.29) is 18.0 Å². The molecule has 1 aliphatic rings. The molecule has 20 heavy (non-hydrogen) atoms. The lowest BCUT2D eigenvalue weighted by atomic mass is 9.87. The molecule has 5 heteroatoms. The first-order chi connectivity index (χ1) is 9.51. The molecule has 0 saturated heterocycles. The number of carbonyl (C=O) groups excluding carboxylic acids is 1. The highest BCUT2D eigenvalue weighted by atomic mass is 19.1. The zero-order valence-electron chi connectivity index (χ0n) is 11.6. The molecule has 2 rings (SSSR count). The van der Waals surface area contributed by atoms with E-state index in [1.54, 1.807) is 0 Å². The van der Waals surface area contributed by atoms with E-state index in [1.807, 2.05) is 6.92 Å². The van der Waals surface area contributed by atoms with Crippen molar-refractivity contribution in [3.8, 4) is 0 Å². The smallest absolute Gasteiger partial charge is 0.234 e. The van der Waals surface area contributed by atoms with Gasteiger partial charge in [-0.2, -0.15) is 0 Å². The summed E-state index contributed by atoms with van der Waals surface area (Å²) in [6.07, 6.45) is 3.35. The van der Waals surface area contributed by atoms with Crippen molar-refractivity contribution in [2.24, 2.45) is 5.73 Å². The SMILES string of the molecule is CCC[C@H](N[C@H]1CCc2cc(F)cc(F)c2C1)C(N)=O. The van der Waals surface area contributed by atoms with Gasteiger partial charge in [0, 0.05) is 12.1 Å². The third-order valence-corrected chi connectivity index (χ3v) is 3.82. The van der Waals surface area contributed by atoms with E-state index in [0.29, 0.717) is 24.8 Å². The highest BCUT2D eigenvalue weighted by molar-refractivity contribution is 5.79. The molecular weight excluding hydrogens is 262 g/mol. The minimum absolute atomic E-state index is 0.00603. The van der Waals surface area contributed by atoms with E-state index in [0.717, 1.165) is 24.5 Å². The number of halogens is 2. The Hall–Kier alpha value is -1.49. The Bertz CT molecular complexity index is 505. The second-order valence-corrected chi connectivity index (χ2v) is 5.38. The van der Waals surface area contributed by atoms with Crippen molar-refractivity contribution in [3.05, 3.63) is 34.9 Å². The average molecular weight is 282 g/mol. The third kappa shape index (κ3) is 3.33. The van der Waals surface area contributed by atoms with E-state index < -0.39 is 11.6 Å². The lowest BCUT2D eigenvalue weighted by Gasteiger charge is -2.29. The molecule has 0 heterocycles. The van der Waals surface area contributed by atoms with Gasteiger partial charge in [-0.3, -0.25) is 4.79 Å². The molecule has 0 saturated carbocycles. The van der Waals surface area contributed by atoms with Crippen molar-refractivity contribution >= 4 is 5.91 Å². The Balaban J connectivity index is 2.09. The number of rotatable bonds is 5. The van der Waals surface area contributed by atoms with Gasteiger partial charge in [0.2, 0.25) is 5.91 Å². The fourth-order valence-electron chi connectivity index (χ4n) is 2.81. The molecule has 1 amide bonds. The van der Waals surface area contributed by atoms with E-state index in [9.17, 15) is 13.6 Å².